The number of amidine groups is 1. The monoisotopic (exact) mass is 262 g/mol. The van der Waals surface area contributed by atoms with E-state index >= 15 is 0 Å². The molecule has 4 nitrogen and oxygen atoms in total. The van der Waals surface area contributed by atoms with Crippen molar-refractivity contribution in [1.82, 2.24) is 0 Å². The number of carbonyl (C=O) groups is 1. The van der Waals surface area contributed by atoms with Crippen LogP contribution in [0.1, 0.15) is 13.8 Å². The molecule has 16 heavy (non-hydrogen) atoms. The van der Waals surface area contributed by atoms with E-state index in [2.05, 4.69) is 16.6 Å². The van der Waals surface area contributed by atoms with Gasteiger partial charge in [0.25, 0.3) is 0 Å². The maximum Gasteiger partial charge on any atom is 0.340 e. The zero-order valence-corrected chi connectivity index (χ0v) is 11.2. The van der Waals surface area contributed by atoms with Gasteiger partial charge in [-0.15, -0.1) is 11.8 Å². The van der Waals surface area contributed by atoms with E-state index in [0.717, 1.165) is 0 Å². The van der Waals surface area contributed by atoms with E-state index in [9.17, 15) is 4.79 Å². The lowest BCUT2D eigenvalue weighted by Gasteiger charge is -2.05. The molecule has 0 radical (unpaired) electrons. The van der Waals surface area contributed by atoms with Gasteiger partial charge in [-0.2, -0.15) is 0 Å². The van der Waals surface area contributed by atoms with Crippen LogP contribution in [-0.2, 0) is 9.53 Å². The summed E-state index contributed by atoms with van der Waals surface area (Å²) < 4.78 is 4.81. The zero-order valence-electron chi connectivity index (χ0n) is 9.62. The van der Waals surface area contributed by atoms with Crippen molar-refractivity contribution in [1.29, 1.82) is 0 Å². The standard InChI is InChI=1S/C10H15ClN2O2S/c1-5-12-10(11)13-8(16-4)7(3)9(14)15-6-2/h3,5-6H2,1-2,4H3/b12-10-,13-8+. The first kappa shape index (κ1) is 15.2. The van der Waals surface area contributed by atoms with Crippen LogP contribution in [0.3, 0.4) is 0 Å². The van der Waals surface area contributed by atoms with E-state index < -0.39 is 5.97 Å². The summed E-state index contributed by atoms with van der Waals surface area (Å²) in [4.78, 5) is 19.3. The molecule has 0 unspecified atom stereocenters. The second kappa shape index (κ2) is 8.35. The van der Waals surface area contributed by atoms with E-state index in [-0.39, 0.29) is 10.9 Å². The third kappa shape index (κ3) is 5.32. The second-order valence-corrected chi connectivity index (χ2v) is 3.70. The number of carbonyl (C=O) groups excluding carboxylic acids is 1. The Morgan fingerprint density at radius 1 is 1.50 bits per heavy atom. The number of esters is 1. The van der Waals surface area contributed by atoms with Crippen LogP contribution in [-0.4, -0.2) is 35.7 Å². The van der Waals surface area contributed by atoms with E-state index in [1.54, 1.807) is 13.2 Å². The highest BCUT2D eigenvalue weighted by molar-refractivity contribution is 8.14. The number of ether oxygens (including phenoxy) is 1. The molecule has 0 N–H and O–H groups in total. The van der Waals surface area contributed by atoms with E-state index in [1.807, 2.05) is 6.92 Å². The topological polar surface area (TPSA) is 51.0 Å². The lowest BCUT2D eigenvalue weighted by molar-refractivity contribution is -0.137. The van der Waals surface area contributed by atoms with Crippen LogP contribution in [0.15, 0.2) is 22.1 Å². The summed E-state index contributed by atoms with van der Waals surface area (Å²) in [5.41, 5.74) is 0.193. The molecule has 90 valence electrons. The summed E-state index contributed by atoms with van der Waals surface area (Å²) in [6.07, 6.45) is 1.78. The first-order valence-corrected chi connectivity index (χ1v) is 6.36. The molecule has 0 heterocycles. The summed E-state index contributed by atoms with van der Waals surface area (Å²) in [6, 6.07) is 0. The van der Waals surface area contributed by atoms with Gasteiger partial charge in [-0.3, -0.25) is 4.99 Å². The molecule has 0 aromatic rings. The Morgan fingerprint density at radius 2 is 2.12 bits per heavy atom. The average molecular weight is 263 g/mol. The van der Waals surface area contributed by atoms with Gasteiger partial charge in [0.05, 0.1) is 12.2 Å². The molecule has 0 aromatic heterocycles. The van der Waals surface area contributed by atoms with Crippen LogP contribution >= 0.6 is 23.4 Å². The van der Waals surface area contributed by atoms with Crippen molar-refractivity contribution >= 4 is 39.7 Å². The Kier molecular flexibility index (Phi) is 7.93. The Bertz CT molecular complexity index is 327. The van der Waals surface area contributed by atoms with Gasteiger partial charge in [0.1, 0.15) is 5.04 Å². The number of hydrogen-bond acceptors (Lipinski definition) is 4. The molecule has 0 saturated carbocycles. The maximum atomic E-state index is 11.4. The highest BCUT2D eigenvalue weighted by atomic mass is 35.5. The molecule has 0 rings (SSSR count). The minimum atomic E-state index is -0.489. The quantitative estimate of drug-likeness (QED) is 0.257. The fourth-order valence-corrected chi connectivity index (χ4v) is 1.55. The van der Waals surface area contributed by atoms with Crippen molar-refractivity contribution in [3.8, 4) is 0 Å². The molecule has 6 heteroatoms. The Morgan fingerprint density at radius 3 is 2.56 bits per heavy atom. The lowest BCUT2D eigenvalue weighted by Crippen LogP contribution is -2.13. The van der Waals surface area contributed by atoms with Crippen LogP contribution in [0.2, 0.25) is 0 Å². The summed E-state index contributed by atoms with van der Waals surface area (Å²) in [6.45, 7) is 8.03. The molecular weight excluding hydrogens is 248 g/mol. The summed E-state index contributed by atoms with van der Waals surface area (Å²) >= 11 is 7.01. The van der Waals surface area contributed by atoms with Crippen molar-refractivity contribution in [3.05, 3.63) is 12.2 Å². The van der Waals surface area contributed by atoms with Gasteiger partial charge >= 0.3 is 5.97 Å². The van der Waals surface area contributed by atoms with Crippen LogP contribution in [0, 0.1) is 0 Å². The molecule has 0 atom stereocenters. The number of rotatable bonds is 4. The molecule has 0 aromatic carbocycles. The van der Waals surface area contributed by atoms with Crippen molar-refractivity contribution < 1.29 is 9.53 Å². The Balaban J connectivity index is 4.79. The van der Waals surface area contributed by atoms with Gasteiger partial charge < -0.3 is 4.74 Å². The number of halogens is 1. The SMILES string of the molecule is C=C(C(=O)OCC)/C(=N\C(Cl)=N/CC)SC. The Labute approximate surface area is 105 Å². The molecule has 0 fully saturated rings. The number of thioether (sulfide) groups is 1. The third-order valence-corrected chi connectivity index (χ3v) is 2.38. The molecule has 0 spiro atoms. The largest absolute Gasteiger partial charge is 0.462 e. The minimum Gasteiger partial charge on any atom is -0.462 e. The van der Waals surface area contributed by atoms with Gasteiger partial charge in [-0.25, -0.2) is 9.79 Å². The number of aliphatic imine (C=N–C) groups is 2. The lowest BCUT2D eigenvalue weighted by atomic mass is 10.3. The predicted octanol–water partition coefficient (Wildman–Crippen LogP) is 2.48. The normalized spacial score (nSPS) is 12.5. The van der Waals surface area contributed by atoms with Gasteiger partial charge in [0, 0.05) is 6.54 Å². The smallest absolute Gasteiger partial charge is 0.340 e. The summed E-state index contributed by atoms with van der Waals surface area (Å²) in [5.74, 6) is -0.489. The highest BCUT2D eigenvalue weighted by Gasteiger charge is 2.14. The van der Waals surface area contributed by atoms with Crippen LogP contribution < -0.4 is 0 Å². The number of nitrogens with zero attached hydrogens (tertiary/aromatic N) is 2. The van der Waals surface area contributed by atoms with Crippen molar-refractivity contribution in [2.45, 2.75) is 13.8 Å². The van der Waals surface area contributed by atoms with Gasteiger partial charge in [0.2, 0.25) is 5.29 Å². The molecule has 0 aliphatic carbocycles. The fraction of sp³-hybridized carbons (Fsp3) is 0.500. The van der Waals surface area contributed by atoms with Gasteiger partial charge in [0.15, 0.2) is 0 Å². The predicted molar refractivity (Wildman–Crippen MR) is 70.6 cm³/mol. The zero-order chi connectivity index (χ0) is 12.6. The summed E-state index contributed by atoms with van der Waals surface area (Å²) in [5, 5.41) is 0.526. The first-order valence-electron chi connectivity index (χ1n) is 4.75. The van der Waals surface area contributed by atoms with Gasteiger partial charge in [-0.1, -0.05) is 6.58 Å². The van der Waals surface area contributed by atoms with E-state index in [4.69, 9.17) is 16.3 Å². The summed E-state index contributed by atoms with van der Waals surface area (Å²) in [7, 11) is 0. The Hall–Kier alpha value is -0.810. The first-order chi connectivity index (χ1) is 7.56. The maximum absolute atomic E-state index is 11.4. The van der Waals surface area contributed by atoms with Crippen molar-refractivity contribution in [2.24, 2.45) is 9.98 Å². The fourth-order valence-electron chi connectivity index (χ4n) is 0.791. The molecular formula is C10H15ClN2O2S. The third-order valence-electron chi connectivity index (χ3n) is 1.46. The van der Waals surface area contributed by atoms with Crippen molar-refractivity contribution in [3.63, 3.8) is 0 Å². The molecule has 0 aliphatic rings. The second-order valence-electron chi connectivity index (χ2n) is 2.56. The molecule has 0 aliphatic heterocycles. The highest BCUT2D eigenvalue weighted by Crippen LogP contribution is 2.11. The molecule has 0 saturated heterocycles. The van der Waals surface area contributed by atoms with Crippen LogP contribution in [0.25, 0.3) is 0 Å². The van der Waals surface area contributed by atoms with Crippen LogP contribution in [0.4, 0.5) is 0 Å². The van der Waals surface area contributed by atoms with Gasteiger partial charge in [-0.05, 0) is 31.7 Å². The average Bonchev–Trinajstić information content (AvgIpc) is 2.25. The van der Waals surface area contributed by atoms with E-state index in [0.29, 0.717) is 18.2 Å². The van der Waals surface area contributed by atoms with Crippen molar-refractivity contribution in [2.75, 3.05) is 19.4 Å². The number of hydrogen-bond donors (Lipinski definition) is 0. The molecule has 0 bridgehead atoms. The van der Waals surface area contributed by atoms with Crippen LogP contribution in [0.5, 0.6) is 0 Å². The minimum absolute atomic E-state index is 0.109. The molecule has 0 amide bonds. The van der Waals surface area contributed by atoms with E-state index in [1.165, 1.54) is 11.8 Å².